The van der Waals surface area contributed by atoms with Crippen molar-refractivity contribution >= 4 is 11.9 Å². The van der Waals surface area contributed by atoms with Gasteiger partial charge in [-0.05, 0) is 43.0 Å². The molecule has 1 aromatic rings. The summed E-state index contributed by atoms with van der Waals surface area (Å²) in [6, 6.07) is 6.36. The number of ether oxygens (including phenoxy) is 1. The normalized spacial score (nSPS) is 11.4. The van der Waals surface area contributed by atoms with E-state index in [-0.39, 0.29) is 6.10 Å². The summed E-state index contributed by atoms with van der Waals surface area (Å²) in [5.74, 6) is -2.21. The van der Waals surface area contributed by atoms with Crippen LogP contribution in [0.1, 0.15) is 37.8 Å². The van der Waals surface area contributed by atoms with Crippen LogP contribution in [-0.4, -0.2) is 53.1 Å². The monoisotopic (exact) mass is 341 g/mol. The van der Waals surface area contributed by atoms with Gasteiger partial charge in [0.05, 0.1) is 6.10 Å². The van der Waals surface area contributed by atoms with Gasteiger partial charge in [0, 0.05) is 13.1 Å². The number of carboxylic acids is 2. The van der Waals surface area contributed by atoms with Crippen molar-refractivity contribution in [2.45, 2.75) is 39.7 Å². The van der Waals surface area contributed by atoms with Crippen LogP contribution in [0.5, 0.6) is 5.75 Å². The Balaban J connectivity index is 0.000000754. The van der Waals surface area contributed by atoms with Crippen LogP contribution >= 0.6 is 0 Å². The molecule has 0 saturated carbocycles. The zero-order valence-corrected chi connectivity index (χ0v) is 14.6. The lowest BCUT2D eigenvalue weighted by atomic mass is 10.0. The second kappa shape index (κ2) is 11.4. The summed E-state index contributed by atoms with van der Waals surface area (Å²) in [5.41, 5.74) is 2.54. The number of benzene rings is 1. The van der Waals surface area contributed by atoms with E-state index in [1.807, 2.05) is 0 Å². The van der Waals surface area contributed by atoms with Crippen LogP contribution in [0.4, 0.5) is 0 Å². The molecular formula is C17H27NO6. The average Bonchev–Trinajstić information content (AvgIpc) is 2.46. The standard InChI is InChI=1S/C15H25NO2.C2H2O4/c1-11(2)14-7-12(3)8-15(9-14)18-6-5-16-10-13(4)17;3-1(4)2(5)6/h7-9,11,13,16-17H,5-6,10H2,1-4H3;(H,3,4)(H,5,6). The minimum absolute atomic E-state index is 0.309. The van der Waals surface area contributed by atoms with Gasteiger partial charge in [-0.25, -0.2) is 9.59 Å². The number of hydrogen-bond donors (Lipinski definition) is 4. The molecular weight excluding hydrogens is 314 g/mol. The third-order valence-electron chi connectivity index (χ3n) is 2.91. The highest BCUT2D eigenvalue weighted by Crippen LogP contribution is 2.22. The fraction of sp³-hybridized carbons (Fsp3) is 0.529. The lowest BCUT2D eigenvalue weighted by molar-refractivity contribution is -0.159. The van der Waals surface area contributed by atoms with Crippen LogP contribution in [0, 0.1) is 6.92 Å². The summed E-state index contributed by atoms with van der Waals surface area (Å²) in [6.45, 7) is 10.2. The molecule has 1 aromatic carbocycles. The third-order valence-corrected chi connectivity index (χ3v) is 2.91. The number of nitrogens with one attached hydrogen (secondary N) is 1. The van der Waals surface area contributed by atoms with Crippen molar-refractivity contribution in [1.82, 2.24) is 5.32 Å². The molecule has 0 aliphatic rings. The summed E-state index contributed by atoms with van der Waals surface area (Å²) in [6.07, 6.45) is -0.309. The van der Waals surface area contributed by atoms with Gasteiger partial charge in [-0.3, -0.25) is 0 Å². The van der Waals surface area contributed by atoms with Crippen molar-refractivity contribution in [2.75, 3.05) is 19.7 Å². The number of rotatable bonds is 7. The molecule has 7 heteroatoms. The maximum Gasteiger partial charge on any atom is 0.414 e. The Labute approximate surface area is 142 Å². The fourth-order valence-electron chi connectivity index (χ4n) is 1.75. The molecule has 4 N–H and O–H groups in total. The van der Waals surface area contributed by atoms with E-state index in [2.05, 4.69) is 44.3 Å². The van der Waals surface area contributed by atoms with Gasteiger partial charge in [0.1, 0.15) is 12.4 Å². The van der Waals surface area contributed by atoms with E-state index in [0.29, 0.717) is 19.1 Å². The number of aryl methyl sites for hydroxylation is 1. The first kappa shape index (κ1) is 21.9. The molecule has 0 radical (unpaired) electrons. The molecule has 1 rings (SSSR count). The second-order valence-corrected chi connectivity index (χ2v) is 5.75. The first-order valence-corrected chi connectivity index (χ1v) is 7.72. The highest BCUT2D eigenvalue weighted by atomic mass is 16.5. The third kappa shape index (κ3) is 10.6. The van der Waals surface area contributed by atoms with Crippen LogP contribution in [0.25, 0.3) is 0 Å². The van der Waals surface area contributed by atoms with Crippen LogP contribution in [0.3, 0.4) is 0 Å². The number of aliphatic hydroxyl groups excluding tert-OH is 1. The van der Waals surface area contributed by atoms with Gasteiger partial charge in [-0.2, -0.15) is 0 Å². The van der Waals surface area contributed by atoms with E-state index in [1.165, 1.54) is 11.1 Å². The SMILES string of the molecule is Cc1cc(OCCNCC(C)O)cc(C(C)C)c1.O=C(O)C(=O)O. The molecule has 0 bridgehead atoms. The van der Waals surface area contributed by atoms with Crippen molar-refractivity contribution in [1.29, 1.82) is 0 Å². The molecule has 0 aliphatic carbocycles. The molecule has 0 aliphatic heterocycles. The van der Waals surface area contributed by atoms with Crippen molar-refractivity contribution in [3.05, 3.63) is 29.3 Å². The predicted octanol–water partition coefficient (Wildman–Crippen LogP) is 1.62. The first-order valence-electron chi connectivity index (χ1n) is 7.72. The number of hydrogen-bond acceptors (Lipinski definition) is 5. The van der Waals surface area contributed by atoms with Gasteiger partial charge in [0.2, 0.25) is 0 Å². The summed E-state index contributed by atoms with van der Waals surface area (Å²) < 4.78 is 5.72. The number of carboxylic acid groups (broad SMARTS) is 2. The van der Waals surface area contributed by atoms with Crippen LogP contribution in [0.2, 0.25) is 0 Å². The number of aliphatic carboxylic acids is 2. The Bertz CT molecular complexity index is 516. The molecule has 0 amide bonds. The average molecular weight is 341 g/mol. The summed E-state index contributed by atoms with van der Waals surface area (Å²) in [5, 5.41) is 27.0. The lowest BCUT2D eigenvalue weighted by Crippen LogP contribution is -2.28. The molecule has 136 valence electrons. The smallest absolute Gasteiger partial charge is 0.414 e. The molecule has 0 heterocycles. The molecule has 1 atom stereocenters. The maximum absolute atomic E-state index is 9.10. The van der Waals surface area contributed by atoms with E-state index in [1.54, 1.807) is 6.92 Å². The maximum atomic E-state index is 9.10. The van der Waals surface area contributed by atoms with Gasteiger partial charge in [-0.15, -0.1) is 0 Å². The van der Waals surface area contributed by atoms with E-state index >= 15 is 0 Å². The van der Waals surface area contributed by atoms with Crippen LogP contribution < -0.4 is 10.1 Å². The van der Waals surface area contributed by atoms with Crippen LogP contribution in [-0.2, 0) is 9.59 Å². The van der Waals surface area contributed by atoms with E-state index in [9.17, 15) is 0 Å². The largest absolute Gasteiger partial charge is 0.492 e. The van der Waals surface area contributed by atoms with Crippen LogP contribution in [0.15, 0.2) is 18.2 Å². The fourth-order valence-corrected chi connectivity index (χ4v) is 1.75. The Morgan fingerprint density at radius 3 is 2.17 bits per heavy atom. The van der Waals surface area contributed by atoms with Gasteiger partial charge in [0.25, 0.3) is 0 Å². The first-order chi connectivity index (χ1) is 11.1. The summed E-state index contributed by atoms with van der Waals surface area (Å²) in [7, 11) is 0. The van der Waals surface area contributed by atoms with E-state index in [0.717, 1.165) is 12.3 Å². The molecule has 7 nitrogen and oxygen atoms in total. The zero-order valence-electron chi connectivity index (χ0n) is 14.6. The second-order valence-electron chi connectivity index (χ2n) is 5.75. The Morgan fingerprint density at radius 2 is 1.71 bits per heavy atom. The van der Waals surface area contributed by atoms with Gasteiger partial charge in [-0.1, -0.05) is 19.9 Å². The molecule has 0 fully saturated rings. The zero-order chi connectivity index (χ0) is 18.7. The molecule has 1 unspecified atom stereocenters. The summed E-state index contributed by atoms with van der Waals surface area (Å²) >= 11 is 0. The summed E-state index contributed by atoms with van der Waals surface area (Å²) in [4.78, 5) is 18.2. The molecule has 0 spiro atoms. The minimum Gasteiger partial charge on any atom is -0.492 e. The Hall–Kier alpha value is -2.12. The highest BCUT2D eigenvalue weighted by Gasteiger charge is 2.04. The molecule has 0 aromatic heterocycles. The Morgan fingerprint density at radius 1 is 1.12 bits per heavy atom. The van der Waals surface area contributed by atoms with Crippen molar-refractivity contribution in [2.24, 2.45) is 0 Å². The van der Waals surface area contributed by atoms with Crippen molar-refractivity contribution in [3.63, 3.8) is 0 Å². The number of aliphatic hydroxyl groups is 1. The number of carbonyl (C=O) groups is 2. The van der Waals surface area contributed by atoms with Gasteiger partial charge in [0.15, 0.2) is 0 Å². The quantitative estimate of drug-likeness (QED) is 0.440. The van der Waals surface area contributed by atoms with Gasteiger partial charge >= 0.3 is 11.9 Å². The highest BCUT2D eigenvalue weighted by molar-refractivity contribution is 6.27. The lowest BCUT2D eigenvalue weighted by Gasteiger charge is -2.12. The van der Waals surface area contributed by atoms with Crippen molar-refractivity contribution < 1.29 is 29.6 Å². The Kier molecular flexibility index (Phi) is 10.4. The molecule has 0 saturated heterocycles. The van der Waals surface area contributed by atoms with Crippen molar-refractivity contribution in [3.8, 4) is 5.75 Å². The molecule has 24 heavy (non-hydrogen) atoms. The minimum atomic E-state index is -1.82. The van der Waals surface area contributed by atoms with E-state index < -0.39 is 11.9 Å². The van der Waals surface area contributed by atoms with Gasteiger partial charge < -0.3 is 25.4 Å². The topological polar surface area (TPSA) is 116 Å². The predicted molar refractivity (Wildman–Crippen MR) is 90.6 cm³/mol. The van der Waals surface area contributed by atoms with E-state index in [4.69, 9.17) is 29.6 Å².